The van der Waals surface area contributed by atoms with E-state index in [0.717, 1.165) is 48.1 Å². The average molecular weight is 364 g/mol. The summed E-state index contributed by atoms with van der Waals surface area (Å²) >= 11 is 7.62. The van der Waals surface area contributed by atoms with Crippen molar-refractivity contribution < 1.29 is 9.53 Å². The van der Waals surface area contributed by atoms with Gasteiger partial charge in [-0.25, -0.2) is 4.98 Å². The van der Waals surface area contributed by atoms with Crippen molar-refractivity contribution in [1.29, 1.82) is 0 Å². The van der Waals surface area contributed by atoms with Crippen LogP contribution in [-0.4, -0.2) is 34.5 Å². The van der Waals surface area contributed by atoms with Gasteiger partial charge in [-0.2, -0.15) is 0 Å². The summed E-state index contributed by atoms with van der Waals surface area (Å²) in [5.41, 5.74) is 1.08. The molecule has 2 aliphatic heterocycles. The first kappa shape index (κ1) is 15.9. The maximum atomic E-state index is 11.1. The highest BCUT2D eigenvalue weighted by atomic mass is 35.5. The van der Waals surface area contributed by atoms with Gasteiger partial charge in [0.05, 0.1) is 0 Å². The van der Waals surface area contributed by atoms with Crippen molar-refractivity contribution in [3.05, 3.63) is 39.9 Å². The summed E-state index contributed by atoms with van der Waals surface area (Å²) in [6.07, 6.45) is 3.76. The number of aromatic nitrogens is 1. The number of ether oxygens (including phenoxy) is 1. The standard InChI is InChI=1S/C17H18ClN3O2S/c1-11(22)20-16-19-8-14(24-16)9-21-5-4-17(10-21)7-12-6-13(18)2-3-15(12)23-17/h2-3,6,8H,4-5,7,9-10H2,1H3,(H,19,20,22). The van der Waals surface area contributed by atoms with Gasteiger partial charge in [0.2, 0.25) is 5.91 Å². The zero-order valence-electron chi connectivity index (χ0n) is 13.3. The third-order valence-corrected chi connectivity index (χ3v) is 5.61. The van der Waals surface area contributed by atoms with Gasteiger partial charge < -0.3 is 10.1 Å². The zero-order valence-corrected chi connectivity index (χ0v) is 14.9. The Morgan fingerprint density at radius 1 is 1.54 bits per heavy atom. The van der Waals surface area contributed by atoms with Crippen molar-refractivity contribution in [2.45, 2.75) is 31.9 Å². The van der Waals surface area contributed by atoms with Crippen molar-refractivity contribution in [2.75, 3.05) is 18.4 Å². The molecule has 3 heterocycles. The summed E-state index contributed by atoms with van der Waals surface area (Å²) in [4.78, 5) is 18.9. The van der Waals surface area contributed by atoms with Crippen molar-refractivity contribution in [3.63, 3.8) is 0 Å². The maximum absolute atomic E-state index is 11.1. The fraction of sp³-hybridized carbons (Fsp3) is 0.412. The Hall–Kier alpha value is -1.63. The third kappa shape index (κ3) is 3.14. The fourth-order valence-electron chi connectivity index (χ4n) is 3.50. The minimum atomic E-state index is -0.127. The third-order valence-electron chi connectivity index (χ3n) is 4.47. The lowest BCUT2D eigenvalue weighted by Crippen LogP contribution is -2.37. The van der Waals surface area contributed by atoms with E-state index in [1.165, 1.54) is 23.8 Å². The number of anilines is 1. The maximum Gasteiger partial charge on any atom is 0.223 e. The van der Waals surface area contributed by atoms with Crippen LogP contribution < -0.4 is 10.1 Å². The van der Waals surface area contributed by atoms with E-state index in [1.807, 2.05) is 24.4 Å². The number of amides is 1. The highest BCUT2D eigenvalue weighted by molar-refractivity contribution is 7.15. The van der Waals surface area contributed by atoms with Crippen LogP contribution in [0.5, 0.6) is 5.75 Å². The largest absolute Gasteiger partial charge is 0.485 e. The first-order valence-electron chi connectivity index (χ1n) is 7.93. The van der Waals surface area contributed by atoms with E-state index >= 15 is 0 Å². The number of rotatable bonds is 3. The normalized spacial score (nSPS) is 22.6. The van der Waals surface area contributed by atoms with Crippen molar-refractivity contribution in [1.82, 2.24) is 9.88 Å². The summed E-state index contributed by atoms with van der Waals surface area (Å²) in [7, 11) is 0. The Morgan fingerprint density at radius 2 is 2.42 bits per heavy atom. The summed E-state index contributed by atoms with van der Waals surface area (Å²) < 4.78 is 6.27. The van der Waals surface area contributed by atoms with Crippen LogP contribution in [0, 0.1) is 0 Å². The molecule has 0 aliphatic carbocycles. The van der Waals surface area contributed by atoms with E-state index in [-0.39, 0.29) is 11.5 Å². The number of fused-ring (bicyclic) bond motifs is 1. The Morgan fingerprint density at radius 3 is 3.25 bits per heavy atom. The van der Waals surface area contributed by atoms with Crippen molar-refractivity contribution in [2.24, 2.45) is 0 Å². The topological polar surface area (TPSA) is 54.5 Å². The predicted molar refractivity (Wildman–Crippen MR) is 94.8 cm³/mol. The molecule has 1 aromatic carbocycles. The number of nitrogens with zero attached hydrogens (tertiary/aromatic N) is 2. The molecule has 2 aromatic rings. The van der Waals surface area contributed by atoms with E-state index in [4.69, 9.17) is 16.3 Å². The quantitative estimate of drug-likeness (QED) is 0.908. The van der Waals surface area contributed by atoms with Gasteiger partial charge in [0.1, 0.15) is 11.4 Å². The molecule has 1 amide bonds. The molecule has 1 saturated heterocycles. The van der Waals surface area contributed by atoms with Gasteiger partial charge in [-0.3, -0.25) is 9.69 Å². The highest BCUT2D eigenvalue weighted by Gasteiger charge is 2.45. The molecule has 2 aliphatic rings. The molecule has 1 fully saturated rings. The van der Waals surface area contributed by atoms with Crippen LogP contribution in [0.3, 0.4) is 0 Å². The van der Waals surface area contributed by atoms with E-state index < -0.39 is 0 Å². The molecule has 0 saturated carbocycles. The lowest BCUT2D eigenvalue weighted by molar-refractivity contribution is -0.114. The molecule has 0 bridgehead atoms. The van der Waals surface area contributed by atoms with Gasteiger partial charge in [0, 0.05) is 55.5 Å². The lowest BCUT2D eigenvalue weighted by atomic mass is 9.96. The van der Waals surface area contributed by atoms with Gasteiger partial charge >= 0.3 is 0 Å². The van der Waals surface area contributed by atoms with Crippen molar-refractivity contribution >= 4 is 34.0 Å². The summed E-state index contributed by atoms with van der Waals surface area (Å²) in [5.74, 6) is 0.874. The SMILES string of the molecule is CC(=O)Nc1ncc(CN2CCC3(Cc4cc(Cl)ccc4O3)C2)s1. The Labute approximate surface area is 149 Å². The molecule has 1 unspecified atom stereocenters. The fourth-order valence-corrected chi connectivity index (χ4v) is 4.60. The van der Waals surface area contributed by atoms with Crippen LogP contribution in [0.4, 0.5) is 5.13 Å². The minimum absolute atomic E-state index is 0.0909. The molecule has 0 radical (unpaired) electrons. The molecular formula is C17H18ClN3O2S. The van der Waals surface area contributed by atoms with E-state index in [0.29, 0.717) is 5.13 Å². The molecule has 7 heteroatoms. The monoisotopic (exact) mass is 363 g/mol. The zero-order chi connectivity index (χ0) is 16.7. The van der Waals surface area contributed by atoms with Gasteiger partial charge in [-0.15, -0.1) is 11.3 Å². The van der Waals surface area contributed by atoms with E-state index in [9.17, 15) is 4.79 Å². The molecule has 1 N–H and O–H groups in total. The molecule has 24 heavy (non-hydrogen) atoms. The molecule has 1 aromatic heterocycles. The van der Waals surface area contributed by atoms with E-state index in [2.05, 4.69) is 15.2 Å². The first-order valence-corrected chi connectivity index (χ1v) is 9.13. The Bertz CT molecular complexity index is 794. The predicted octanol–water partition coefficient (Wildman–Crippen LogP) is 3.33. The number of carbonyl (C=O) groups is 1. The molecule has 4 rings (SSSR count). The molecule has 126 valence electrons. The van der Waals surface area contributed by atoms with Gasteiger partial charge in [-0.1, -0.05) is 11.6 Å². The number of thiazole rings is 1. The minimum Gasteiger partial charge on any atom is -0.485 e. The van der Waals surface area contributed by atoms with Crippen LogP contribution in [0.25, 0.3) is 0 Å². The first-order chi connectivity index (χ1) is 11.5. The Balaban J connectivity index is 1.40. The summed E-state index contributed by atoms with van der Waals surface area (Å²) in [6, 6.07) is 5.86. The van der Waals surface area contributed by atoms with Crippen LogP contribution in [0.2, 0.25) is 5.02 Å². The van der Waals surface area contributed by atoms with Gasteiger partial charge in [-0.05, 0) is 23.8 Å². The van der Waals surface area contributed by atoms with Gasteiger partial charge in [0.25, 0.3) is 0 Å². The lowest BCUT2D eigenvalue weighted by Gasteiger charge is -2.23. The molecule has 5 nitrogen and oxygen atoms in total. The number of hydrogen-bond donors (Lipinski definition) is 1. The Kier molecular flexibility index (Phi) is 3.98. The molecule has 1 atom stereocenters. The second kappa shape index (κ2) is 6.02. The second-order valence-electron chi connectivity index (χ2n) is 6.49. The molecule has 1 spiro atoms. The smallest absolute Gasteiger partial charge is 0.223 e. The number of carbonyl (C=O) groups excluding carboxylic acids is 1. The van der Waals surface area contributed by atoms with Crippen LogP contribution in [0.15, 0.2) is 24.4 Å². The van der Waals surface area contributed by atoms with Gasteiger partial charge in [0.15, 0.2) is 5.13 Å². The molecular weight excluding hydrogens is 346 g/mol. The second-order valence-corrected chi connectivity index (χ2v) is 8.04. The van der Waals surface area contributed by atoms with E-state index in [1.54, 1.807) is 0 Å². The highest BCUT2D eigenvalue weighted by Crippen LogP contribution is 2.41. The van der Waals surface area contributed by atoms with Crippen LogP contribution in [-0.2, 0) is 17.8 Å². The summed E-state index contributed by atoms with van der Waals surface area (Å²) in [6.45, 7) is 4.22. The number of nitrogens with one attached hydrogen (secondary N) is 1. The number of likely N-dealkylation sites (tertiary alicyclic amines) is 1. The average Bonchev–Trinajstić information content (AvgIpc) is 3.19. The number of halogens is 1. The van der Waals surface area contributed by atoms with Crippen LogP contribution in [0.1, 0.15) is 23.8 Å². The van der Waals surface area contributed by atoms with Crippen molar-refractivity contribution in [3.8, 4) is 5.75 Å². The summed E-state index contributed by atoms with van der Waals surface area (Å²) in [5, 5.41) is 4.15. The van der Waals surface area contributed by atoms with Crippen LogP contribution >= 0.6 is 22.9 Å². The number of hydrogen-bond acceptors (Lipinski definition) is 5. The number of benzene rings is 1.